The van der Waals surface area contributed by atoms with Crippen molar-refractivity contribution in [3.8, 4) is 11.5 Å². The Bertz CT molecular complexity index is 564. The van der Waals surface area contributed by atoms with Crippen LogP contribution in [0.3, 0.4) is 0 Å². The van der Waals surface area contributed by atoms with Crippen LogP contribution in [-0.4, -0.2) is 28.5 Å². The third-order valence-electron chi connectivity index (χ3n) is 2.25. The third kappa shape index (κ3) is 1.32. The second-order valence-electron chi connectivity index (χ2n) is 3.11. The van der Waals surface area contributed by atoms with Crippen molar-refractivity contribution in [3.63, 3.8) is 0 Å². The van der Waals surface area contributed by atoms with Crippen LogP contribution >= 0.6 is 0 Å². The van der Waals surface area contributed by atoms with Crippen LogP contribution < -0.4 is 14.2 Å². The van der Waals surface area contributed by atoms with Crippen molar-refractivity contribution in [1.29, 1.82) is 0 Å². The van der Waals surface area contributed by atoms with Gasteiger partial charge >= 0.3 is 0 Å². The highest BCUT2D eigenvalue weighted by Crippen LogP contribution is 2.37. The molecule has 1 aliphatic heterocycles. The fourth-order valence-electron chi connectivity index (χ4n) is 1.58. The summed E-state index contributed by atoms with van der Waals surface area (Å²) in [6.45, 7) is 0. The van der Waals surface area contributed by atoms with Crippen molar-refractivity contribution in [2.24, 2.45) is 0 Å². The third-order valence-corrected chi connectivity index (χ3v) is 3.62. The first-order chi connectivity index (χ1) is 7.51. The average Bonchev–Trinajstić information content (AvgIpc) is 2.48. The van der Waals surface area contributed by atoms with Crippen molar-refractivity contribution < 1.29 is 22.7 Å². The predicted octanol–water partition coefficient (Wildman–Crippen LogP) is 0.136. The highest BCUT2D eigenvalue weighted by atomic mass is 32.2. The summed E-state index contributed by atoms with van der Waals surface area (Å²) in [6.07, 6.45) is 0. The van der Waals surface area contributed by atoms with Crippen molar-refractivity contribution in [2.75, 3.05) is 14.2 Å². The quantitative estimate of drug-likeness (QED) is 0.798. The van der Waals surface area contributed by atoms with E-state index in [2.05, 4.69) is 0 Å². The molecule has 16 heavy (non-hydrogen) atoms. The number of nitrogens with one attached hydrogen (secondary N) is 1. The zero-order chi connectivity index (χ0) is 11.9. The minimum atomic E-state index is -3.75. The van der Waals surface area contributed by atoms with Gasteiger partial charge in [-0.2, -0.15) is 0 Å². The van der Waals surface area contributed by atoms with E-state index in [-0.39, 0.29) is 16.2 Å². The normalized spacial score (nSPS) is 16.5. The maximum Gasteiger partial charge on any atom is 0.270 e. The van der Waals surface area contributed by atoms with Gasteiger partial charge in [0, 0.05) is 0 Å². The monoisotopic (exact) mass is 243 g/mol. The summed E-state index contributed by atoms with van der Waals surface area (Å²) in [4.78, 5) is 11.4. The number of sulfonamides is 1. The summed E-state index contributed by atoms with van der Waals surface area (Å²) in [7, 11) is -0.996. The van der Waals surface area contributed by atoms with E-state index in [0.717, 1.165) is 0 Å². The Kier molecular flexibility index (Phi) is 2.27. The predicted molar refractivity (Wildman–Crippen MR) is 54.2 cm³/mol. The minimum absolute atomic E-state index is 0.0122. The van der Waals surface area contributed by atoms with Gasteiger partial charge in [-0.3, -0.25) is 4.79 Å². The van der Waals surface area contributed by atoms with E-state index < -0.39 is 15.9 Å². The van der Waals surface area contributed by atoms with Gasteiger partial charge in [0.1, 0.15) is 10.5 Å². The molecule has 0 saturated heterocycles. The first-order valence-electron chi connectivity index (χ1n) is 4.33. The van der Waals surface area contributed by atoms with Gasteiger partial charge in [0.2, 0.25) is 0 Å². The molecule has 1 aromatic rings. The van der Waals surface area contributed by atoms with Crippen LogP contribution in [-0.2, 0) is 10.0 Å². The van der Waals surface area contributed by atoms with Crippen molar-refractivity contribution >= 4 is 15.9 Å². The molecule has 1 aromatic carbocycles. The maximum atomic E-state index is 11.5. The Balaban J connectivity index is 2.80. The first kappa shape index (κ1) is 10.7. The highest BCUT2D eigenvalue weighted by molar-refractivity contribution is 7.90. The molecule has 0 bridgehead atoms. The molecular weight excluding hydrogens is 234 g/mol. The molecule has 0 atom stereocenters. The van der Waals surface area contributed by atoms with Gasteiger partial charge in [-0.1, -0.05) is 0 Å². The van der Waals surface area contributed by atoms with Gasteiger partial charge in [0.05, 0.1) is 14.2 Å². The number of methoxy groups -OCH3 is 2. The molecule has 0 fully saturated rings. The average molecular weight is 243 g/mol. The molecule has 1 heterocycles. The molecule has 0 radical (unpaired) electrons. The van der Waals surface area contributed by atoms with Crippen LogP contribution in [0.4, 0.5) is 0 Å². The SMILES string of the molecule is COc1ccc2c(c1OC)C(=O)NS2(=O)=O. The fourth-order valence-corrected chi connectivity index (χ4v) is 2.73. The van der Waals surface area contributed by atoms with Crippen LogP contribution in [0.5, 0.6) is 11.5 Å². The van der Waals surface area contributed by atoms with Crippen LogP contribution in [0.1, 0.15) is 10.4 Å². The molecule has 6 nitrogen and oxygen atoms in total. The summed E-state index contributed by atoms with van der Waals surface area (Å²) in [6, 6.07) is 2.75. The number of hydrogen-bond donors (Lipinski definition) is 1. The van der Waals surface area contributed by atoms with Crippen molar-refractivity contribution in [1.82, 2.24) is 4.72 Å². The van der Waals surface area contributed by atoms with Crippen molar-refractivity contribution in [3.05, 3.63) is 17.7 Å². The lowest BCUT2D eigenvalue weighted by Gasteiger charge is -2.09. The zero-order valence-corrected chi connectivity index (χ0v) is 9.42. The number of hydrogen-bond acceptors (Lipinski definition) is 5. The molecule has 0 aliphatic carbocycles. The smallest absolute Gasteiger partial charge is 0.270 e. The first-order valence-corrected chi connectivity index (χ1v) is 5.81. The Morgan fingerprint density at radius 2 is 1.88 bits per heavy atom. The topological polar surface area (TPSA) is 81.7 Å². The molecule has 86 valence electrons. The van der Waals surface area contributed by atoms with Gasteiger partial charge in [0.15, 0.2) is 11.5 Å². The van der Waals surface area contributed by atoms with E-state index in [1.807, 2.05) is 4.72 Å². The maximum absolute atomic E-state index is 11.5. The van der Waals surface area contributed by atoms with E-state index in [1.54, 1.807) is 0 Å². The second-order valence-corrected chi connectivity index (χ2v) is 4.76. The van der Waals surface area contributed by atoms with Crippen LogP contribution in [0.25, 0.3) is 0 Å². The Hall–Kier alpha value is -1.76. The molecule has 7 heteroatoms. The molecule has 0 saturated carbocycles. The second kappa shape index (κ2) is 3.38. The van der Waals surface area contributed by atoms with E-state index in [4.69, 9.17) is 9.47 Å². The molecule has 0 unspecified atom stereocenters. The lowest BCUT2D eigenvalue weighted by Crippen LogP contribution is -2.20. The number of carbonyl (C=O) groups excluding carboxylic acids is 1. The Morgan fingerprint density at radius 3 is 2.44 bits per heavy atom. The summed E-state index contributed by atoms with van der Waals surface area (Å²) in [5.41, 5.74) is -0.0122. The van der Waals surface area contributed by atoms with Crippen LogP contribution in [0.2, 0.25) is 0 Å². The lowest BCUT2D eigenvalue weighted by molar-refractivity contribution is 0.0981. The van der Waals surface area contributed by atoms with E-state index in [9.17, 15) is 13.2 Å². The van der Waals surface area contributed by atoms with Crippen molar-refractivity contribution in [2.45, 2.75) is 4.90 Å². The van der Waals surface area contributed by atoms with Gasteiger partial charge in [0.25, 0.3) is 15.9 Å². The van der Waals surface area contributed by atoms with Gasteiger partial charge in [-0.05, 0) is 12.1 Å². The Morgan fingerprint density at radius 1 is 1.19 bits per heavy atom. The van der Waals surface area contributed by atoms with Crippen LogP contribution in [0, 0.1) is 0 Å². The Labute approximate surface area is 92.2 Å². The summed E-state index contributed by atoms with van der Waals surface area (Å²) >= 11 is 0. The molecular formula is C9H9NO5S. The summed E-state index contributed by atoms with van der Waals surface area (Å²) < 4.78 is 34.9. The summed E-state index contributed by atoms with van der Waals surface area (Å²) in [5, 5.41) is 0. The largest absolute Gasteiger partial charge is 0.493 e. The molecule has 1 amide bonds. The van der Waals surface area contributed by atoms with E-state index in [0.29, 0.717) is 5.75 Å². The van der Waals surface area contributed by atoms with Gasteiger partial charge in [-0.15, -0.1) is 0 Å². The standard InChI is InChI=1S/C9H9NO5S/c1-14-5-3-4-6-7(8(5)15-2)9(11)10-16(6,12)13/h3-4H,1-2H3,(H,10,11). The van der Waals surface area contributed by atoms with Gasteiger partial charge < -0.3 is 9.47 Å². The van der Waals surface area contributed by atoms with Crippen LogP contribution in [0.15, 0.2) is 17.0 Å². The van der Waals surface area contributed by atoms with Gasteiger partial charge in [-0.25, -0.2) is 13.1 Å². The zero-order valence-electron chi connectivity index (χ0n) is 8.60. The number of carbonyl (C=O) groups is 1. The fraction of sp³-hybridized carbons (Fsp3) is 0.222. The number of rotatable bonds is 2. The number of fused-ring (bicyclic) bond motifs is 1. The molecule has 2 rings (SSSR count). The summed E-state index contributed by atoms with van der Waals surface area (Å²) in [5.74, 6) is -0.266. The highest BCUT2D eigenvalue weighted by Gasteiger charge is 2.36. The molecule has 0 aromatic heterocycles. The number of ether oxygens (including phenoxy) is 2. The lowest BCUT2D eigenvalue weighted by atomic mass is 10.2. The number of benzene rings is 1. The number of amides is 1. The molecule has 1 N–H and O–H groups in total. The minimum Gasteiger partial charge on any atom is -0.493 e. The van der Waals surface area contributed by atoms with E-state index >= 15 is 0 Å². The van der Waals surface area contributed by atoms with E-state index in [1.165, 1.54) is 26.4 Å². The molecule has 0 spiro atoms. The molecule has 1 aliphatic rings.